The third-order valence-electron chi connectivity index (χ3n) is 3.66. The van der Waals surface area contributed by atoms with E-state index in [-0.39, 0.29) is 11.3 Å². The van der Waals surface area contributed by atoms with Gasteiger partial charge in [0.05, 0.1) is 6.54 Å². The molecule has 0 aliphatic carbocycles. The van der Waals surface area contributed by atoms with Crippen LogP contribution in [0.4, 0.5) is 0 Å². The van der Waals surface area contributed by atoms with E-state index in [1.54, 1.807) is 19.0 Å². The van der Waals surface area contributed by atoms with Crippen molar-refractivity contribution in [1.29, 1.82) is 0 Å². The van der Waals surface area contributed by atoms with Crippen molar-refractivity contribution in [2.24, 2.45) is 4.99 Å². The van der Waals surface area contributed by atoms with Gasteiger partial charge in [0.25, 0.3) is 0 Å². The molecule has 1 amide bonds. The van der Waals surface area contributed by atoms with Crippen molar-refractivity contribution in [3.05, 3.63) is 35.9 Å². The Hall–Kier alpha value is -2.04. The molecule has 2 N–H and O–H groups in total. The zero-order chi connectivity index (χ0) is 17.3. The quantitative estimate of drug-likeness (QED) is 0.597. The van der Waals surface area contributed by atoms with Crippen molar-refractivity contribution in [3.63, 3.8) is 0 Å². The van der Waals surface area contributed by atoms with Gasteiger partial charge in [-0.1, -0.05) is 44.2 Å². The van der Waals surface area contributed by atoms with Crippen LogP contribution in [0.5, 0.6) is 0 Å². The molecule has 1 rings (SSSR count). The molecule has 23 heavy (non-hydrogen) atoms. The normalized spacial score (nSPS) is 12.0. The van der Waals surface area contributed by atoms with Gasteiger partial charge < -0.3 is 15.5 Å². The fourth-order valence-electron chi connectivity index (χ4n) is 2.11. The van der Waals surface area contributed by atoms with E-state index in [1.807, 2.05) is 13.0 Å². The van der Waals surface area contributed by atoms with Gasteiger partial charge in [-0.25, -0.2) is 0 Å². The predicted octanol–water partition coefficient (Wildman–Crippen LogP) is 2.00. The lowest BCUT2D eigenvalue weighted by Crippen LogP contribution is -2.40. The summed E-state index contributed by atoms with van der Waals surface area (Å²) in [6.45, 7) is 8.45. The second-order valence-corrected chi connectivity index (χ2v) is 6.41. The Morgan fingerprint density at radius 2 is 1.83 bits per heavy atom. The summed E-state index contributed by atoms with van der Waals surface area (Å²) in [4.78, 5) is 17.9. The Morgan fingerprint density at radius 1 is 1.17 bits per heavy atom. The van der Waals surface area contributed by atoms with Crippen molar-refractivity contribution in [1.82, 2.24) is 15.5 Å². The molecule has 0 unspecified atom stereocenters. The summed E-state index contributed by atoms with van der Waals surface area (Å²) in [5.74, 6) is 0.862. The van der Waals surface area contributed by atoms with Crippen LogP contribution in [0.1, 0.15) is 32.8 Å². The number of hydrogen-bond acceptors (Lipinski definition) is 2. The van der Waals surface area contributed by atoms with E-state index in [0.29, 0.717) is 19.5 Å². The molecule has 0 radical (unpaired) electrons. The maximum absolute atomic E-state index is 11.6. The molecule has 0 atom stereocenters. The Kier molecular flexibility index (Phi) is 7.59. The Bertz CT molecular complexity index is 509. The highest BCUT2D eigenvalue weighted by atomic mass is 16.2. The number of nitrogens with zero attached hydrogens (tertiary/aromatic N) is 2. The first-order valence-electron chi connectivity index (χ1n) is 8.14. The van der Waals surface area contributed by atoms with E-state index in [9.17, 15) is 4.79 Å². The number of guanidine groups is 1. The topological polar surface area (TPSA) is 56.7 Å². The highest BCUT2D eigenvalue weighted by molar-refractivity contribution is 5.81. The molecule has 0 spiro atoms. The summed E-state index contributed by atoms with van der Waals surface area (Å²) < 4.78 is 0. The van der Waals surface area contributed by atoms with Crippen LogP contribution in [0.15, 0.2) is 35.3 Å². The minimum atomic E-state index is -0.0386. The standard InChI is InChI=1S/C18H30N4O/c1-6-19-17(20-13-12-16(23)22(4)5)21-14-18(2,3)15-10-8-7-9-11-15/h7-11H,6,12-14H2,1-5H3,(H2,19,20,21). The van der Waals surface area contributed by atoms with Crippen LogP contribution in [-0.4, -0.2) is 50.5 Å². The number of amides is 1. The van der Waals surface area contributed by atoms with Crippen molar-refractivity contribution in [3.8, 4) is 0 Å². The molecule has 0 aliphatic rings. The molecule has 1 aromatic rings. The highest BCUT2D eigenvalue weighted by Gasteiger charge is 2.20. The van der Waals surface area contributed by atoms with Gasteiger partial charge in [-0.2, -0.15) is 0 Å². The zero-order valence-electron chi connectivity index (χ0n) is 15.0. The maximum Gasteiger partial charge on any atom is 0.223 e. The first-order valence-corrected chi connectivity index (χ1v) is 8.14. The molecule has 0 bridgehead atoms. The Labute approximate surface area is 140 Å². The van der Waals surface area contributed by atoms with E-state index >= 15 is 0 Å². The molecular formula is C18H30N4O. The van der Waals surface area contributed by atoms with E-state index in [1.165, 1.54) is 5.56 Å². The van der Waals surface area contributed by atoms with Crippen LogP contribution in [-0.2, 0) is 10.2 Å². The van der Waals surface area contributed by atoms with Gasteiger partial charge >= 0.3 is 0 Å². The monoisotopic (exact) mass is 318 g/mol. The smallest absolute Gasteiger partial charge is 0.223 e. The van der Waals surface area contributed by atoms with Crippen molar-refractivity contribution < 1.29 is 4.79 Å². The van der Waals surface area contributed by atoms with Gasteiger partial charge in [0.15, 0.2) is 5.96 Å². The number of nitrogens with one attached hydrogen (secondary N) is 2. The summed E-state index contributed by atoms with van der Waals surface area (Å²) in [6, 6.07) is 10.4. The minimum Gasteiger partial charge on any atom is -0.357 e. The van der Waals surface area contributed by atoms with E-state index in [4.69, 9.17) is 0 Å². The lowest BCUT2D eigenvalue weighted by Gasteiger charge is -2.24. The number of aliphatic imine (C=N–C) groups is 1. The fourth-order valence-corrected chi connectivity index (χ4v) is 2.11. The molecule has 0 heterocycles. The maximum atomic E-state index is 11.6. The number of carbonyl (C=O) groups is 1. The number of hydrogen-bond donors (Lipinski definition) is 2. The summed E-state index contributed by atoms with van der Waals surface area (Å²) in [7, 11) is 3.54. The largest absolute Gasteiger partial charge is 0.357 e. The summed E-state index contributed by atoms with van der Waals surface area (Å²) >= 11 is 0. The van der Waals surface area contributed by atoms with Gasteiger partial charge in [0.1, 0.15) is 0 Å². The van der Waals surface area contributed by atoms with Crippen LogP contribution in [0.25, 0.3) is 0 Å². The lowest BCUT2D eigenvalue weighted by molar-refractivity contribution is -0.128. The molecule has 0 aromatic heterocycles. The highest BCUT2D eigenvalue weighted by Crippen LogP contribution is 2.22. The third-order valence-corrected chi connectivity index (χ3v) is 3.66. The average molecular weight is 318 g/mol. The summed E-state index contributed by atoms with van der Waals surface area (Å²) in [6.07, 6.45) is 0.458. The van der Waals surface area contributed by atoms with Gasteiger partial charge in [-0.05, 0) is 12.5 Å². The molecular weight excluding hydrogens is 288 g/mol. The molecule has 0 saturated heterocycles. The third kappa shape index (κ3) is 6.72. The number of benzene rings is 1. The predicted molar refractivity (Wildman–Crippen MR) is 96.8 cm³/mol. The summed E-state index contributed by atoms with van der Waals surface area (Å²) in [5, 5.41) is 6.45. The number of carbonyl (C=O) groups excluding carboxylic acids is 1. The Balaban J connectivity index is 2.62. The van der Waals surface area contributed by atoms with Gasteiger partial charge in [-0.3, -0.25) is 9.79 Å². The van der Waals surface area contributed by atoms with E-state index in [2.05, 4.69) is 53.7 Å². The molecule has 0 fully saturated rings. The first kappa shape index (κ1) is 19.0. The van der Waals surface area contributed by atoms with Gasteiger partial charge in [-0.15, -0.1) is 0 Å². The second-order valence-electron chi connectivity index (χ2n) is 6.41. The van der Waals surface area contributed by atoms with Gasteiger partial charge in [0.2, 0.25) is 5.91 Å². The average Bonchev–Trinajstić information content (AvgIpc) is 2.53. The molecule has 128 valence electrons. The number of rotatable bonds is 7. The zero-order valence-corrected chi connectivity index (χ0v) is 15.0. The summed E-state index contributed by atoms with van der Waals surface area (Å²) in [5.41, 5.74) is 1.23. The molecule has 5 nitrogen and oxygen atoms in total. The van der Waals surface area contributed by atoms with Gasteiger partial charge in [0, 0.05) is 39.0 Å². The van der Waals surface area contributed by atoms with Crippen LogP contribution in [0.3, 0.4) is 0 Å². The minimum absolute atomic E-state index is 0.0386. The lowest BCUT2D eigenvalue weighted by atomic mass is 9.85. The molecule has 5 heteroatoms. The van der Waals surface area contributed by atoms with Crippen LogP contribution < -0.4 is 10.6 Å². The van der Waals surface area contributed by atoms with E-state index < -0.39 is 0 Å². The van der Waals surface area contributed by atoms with E-state index in [0.717, 1.165) is 12.5 Å². The fraction of sp³-hybridized carbons (Fsp3) is 0.556. The van der Waals surface area contributed by atoms with Crippen molar-refractivity contribution >= 4 is 11.9 Å². The first-order chi connectivity index (χ1) is 10.9. The Morgan fingerprint density at radius 3 is 2.39 bits per heavy atom. The van der Waals surface area contributed by atoms with Crippen LogP contribution in [0.2, 0.25) is 0 Å². The van der Waals surface area contributed by atoms with Crippen molar-refractivity contribution in [2.75, 3.05) is 33.7 Å². The van der Waals surface area contributed by atoms with Crippen LogP contribution >= 0.6 is 0 Å². The SMILES string of the molecule is CCNC(=NCC(C)(C)c1ccccc1)NCCC(=O)N(C)C. The van der Waals surface area contributed by atoms with Crippen LogP contribution in [0, 0.1) is 0 Å². The molecule has 0 aliphatic heterocycles. The second kappa shape index (κ2) is 9.18. The van der Waals surface area contributed by atoms with Crippen molar-refractivity contribution in [2.45, 2.75) is 32.6 Å². The molecule has 0 saturated carbocycles. The molecule has 1 aromatic carbocycles.